The zero-order valence-electron chi connectivity index (χ0n) is 17.2. The number of carbonyl (C=O) groups is 1. The van der Waals surface area contributed by atoms with Gasteiger partial charge in [-0.15, -0.1) is 0 Å². The number of H-pyrrole nitrogens is 1. The molecule has 1 atom stereocenters. The van der Waals surface area contributed by atoms with Crippen LogP contribution in [0.3, 0.4) is 0 Å². The predicted molar refractivity (Wildman–Crippen MR) is 119 cm³/mol. The minimum atomic E-state index is -0.401. The molecule has 7 nitrogen and oxygen atoms in total. The molecule has 1 aliphatic rings. The van der Waals surface area contributed by atoms with E-state index in [-0.39, 0.29) is 5.91 Å². The Kier molecular flexibility index (Phi) is 6.22. The Balaban J connectivity index is 1.53. The molecule has 0 spiro atoms. The lowest BCUT2D eigenvalue weighted by atomic mass is 10.1. The molecular weight excluding hydrogens is 402 g/mol. The number of fused-ring (bicyclic) bond motifs is 1. The molecule has 8 heteroatoms. The summed E-state index contributed by atoms with van der Waals surface area (Å²) in [6.07, 6.45) is 0. The number of ether oxygens (including phenoxy) is 1. The van der Waals surface area contributed by atoms with Crippen molar-refractivity contribution in [2.24, 2.45) is 0 Å². The highest BCUT2D eigenvalue weighted by molar-refractivity contribution is 6.31. The van der Waals surface area contributed by atoms with Crippen molar-refractivity contribution in [3.8, 4) is 0 Å². The Morgan fingerprint density at radius 3 is 2.80 bits per heavy atom. The second-order valence-corrected chi connectivity index (χ2v) is 7.94. The second-order valence-electron chi connectivity index (χ2n) is 7.50. The van der Waals surface area contributed by atoms with E-state index in [4.69, 9.17) is 16.3 Å². The number of methoxy groups -OCH3 is 1. The van der Waals surface area contributed by atoms with Gasteiger partial charge in [0.15, 0.2) is 0 Å². The molecule has 1 amide bonds. The number of halogens is 1. The van der Waals surface area contributed by atoms with E-state index in [9.17, 15) is 4.79 Å². The molecule has 0 unspecified atom stereocenters. The predicted octanol–water partition coefficient (Wildman–Crippen LogP) is 3.05. The zero-order chi connectivity index (χ0) is 21.1. The summed E-state index contributed by atoms with van der Waals surface area (Å²) < 4.78 is 5.32. The fraction of sp³-hybridized carbons (Fsp3) is 0.364. The van der Waals surface area contributed by atoms with E-state index in [0.29, 0.717) is 23.0 Å². The molecule has 1 aliphatic heterocycles. The molecule has 158 valence electrons. The van der Waals surface area contributed by atoms with E-state index >= 15 is 0 Å². The van der Waals surface area contributed by atoms with E-state index in [1.807, 2.05) is 31.2 Å². The Labute approximate surface area is 180 Å². The number of aryl methyl sites for hydroxylation is 1. The number of nitrogens with one attached hydrogen (secondary N) is 3. The average molecular weight is 428 g/mol. The lowest BCUT2D eigenvalue weighted by Crippen LogP contribution is -2.43. The maximum atomic E-state index is 13.0. The lowest BCUT2D eigenvalue weighted by molar-refractivity contribution is 0.0892. The number of rotatable bonds is 6. The van der Waals surface area contributed by atoms with Crippen LogP contribution in [0.15, 0.2) is 36.4 Å². The van der Waals surface area contributed by atoms with Crippen LogP contribution in [0.4, 0.5) is 5.69 Å². The minimum absolute atomic E-state index is 0.162. The van der Waals surface area contributed by atoms with E-state index < -0.39 is 6.04 Å². The fourth-order valence-corrected chi connectivity index (χ4v) is 3.98. The number of nitrogens with zero attached hydrogens (tertiary/aromatic N) is 2. The van der Waals surface area contributed by atoms with Crippen LogP contribution in [-0.2, 0) is 4.74 Å². The molecule has 30 heavy (non-hydrogen) atoms. The first-order valence-corrected chi connectivity index (χ1v) is 10.4. The van der Waals surface area contributed by atoms with Crippen LogP contribution in [0.25, 0.3) is 11.0 Å². The molecule has 1 fully saturated rings. The van der Waals surface area contributed by atoms with Crippen LogP contribution in [0.1, 0.15) is 27.8 Å². The normalized spacial score (nSPS) is 15.4. The SMILES string of the molecule is COC[C@H](NC(=O)c1ccc(N2CCNCC2)c(C)c1)c1nc2cc(Cl)ccc2[nH]1. The molecular formula is C22H26ClN5O2. The Morgan fingerprint density at radius 2 is 2.07 bits per heavy atom. The van der Waals surface area contributed by atoms with Gasteiger partial charge in [-0.1, -0.05) is 11.6 Å². The van der Waals surface area contributed by atoms with Crippen molar-refractivity contribution >= 4 is 34.2 Å². The minimum Gasteiger partial charge on any atom is -0.382 e. The molecule has 1 saturated heterocycles. The number of hydrogen-bond donors (Lipinski definition) is 3. The number of piperazine rings is 1. The maximum Gasteiger partial charge on any atom is 0.251 e. The van der Waals surface area contributed by atoms with Crippen LogP contribution in [0.2, 0.25) is 5.02 Å². The number of hydrogen-bond acceptors (Lipinski definition) is 5. The van der Waals surface area contributed by atoms with Crippen LogP contribution >= 0.6 is 11.6 Å². The third-order valence-corrected chi connectivity index (χ3v) is 5.58. The standard InChI is InChI=1S/C22H26ClN5O2/c1-14-11-15(3-6-20(14)28-9-7-24-8-10-28)22(29)27-19(13-30-2)21-25-17-5-4-16(23)12-18(17)26-21/h3-6,11-12,19,24H,7-10,13H2,1-2H3,(H,25,26)(H,27,29)/t19-/m0/s1. The Bertz CT molecular complexity index is 1050. The smallest absolute Gasteiger partial charge is 0.251 e. The van der Waals surface area contributed by atoms with Crippen LogP contribution in [-0.4, -0.2) is 55.8 Å². The van der Waals surface area contributed by atoms with Gasteiger partial charge in [-0.05, 0) is 48.9 Å². The van der Waals surface area contributed by atoms with Crippen molar-refractivity contribution in [1.29, 1.82) is 0 Å². The van der Waals surface area contributed by atoms with Crippen molar-refractivity contribution in [3.05, 3.63) is 58.4 Å². The summed E-state index contributed by atoms with van der Waals surface area (Å²) >= 11 is 6.06. The molecule has 3 N–H and O–H groups in total. The number of aromatic amines is 1. The maximum absolute atomic E-state index is 13.0. The first kappa shape index (κ1) is 20.7. The summed E-state index contributed by atoms with van der Waals surface area (Å²) in [5.74, 6) is 0.474. The van der Waals surface area contributed by atoms with Gasteiger partial charge >= 0.3 is 0 Å². The van der Waals surface area contributed by atoms with Gasteiger partial charge in [0.05, 0.1) is 17.6 Å². The van der Waals surface area contributed by atoms with Gasteiger partial charge in [0.25, 0.3) is 5.91 Å². The summed E-state index contributed by atoms with van der Waals surface area (Å²) in [6.45, 7) is 6.24. The highest BCUT2D eigenvalue weighted by Gasteiger charge is 2.20. The average Bonchev–Trinajstić information content (AvgIpc) is 3.17. The van der Waals surface area contributed by atoms with Gasteiger partial charge in [-0.3, -0.25) is 4.79 Å². The quantitative estimate of drug-likeness (QED) is 0.563. The van der Waals surface area contributed by atoms with Crippen molar-refractivity contribution in [3.63, 3.8) is 0 Å². The summed E-state index contributed by atoms with van der Waals surface area (Å²) in [5.41, 5.74) is 4.50. The summed E-state index contributed by atoms with van der Waals surface area (Å²) in [7, 11) is 1.60. The molecule has 3 aromatic rings. The second kappa shape index (κ2) is 9.04. The molecule has 0 aliphatic carbocycles. The van der Waals surface area contributed by atoms with Crippen molar-refractivity contribution in [2.45, 2.75) is 13.0 Å². The van der Waals surface area contributed by atoms with Gasteiger partial charge in [0.1, 0.15) is 11.9 Å². The molecule has 0 saturated carbocycles. The third-order valence-electron chi connectivity index (χ3n) is 5.35. The van der Waals surface area contributed by atoms with Gasteiger partial charge < -0.3 is 25.3 Å². The number of anilines is 1. The molecule has 4 rings (SSSR count). The highest BCUT2D eigenvalue weighted by atomic mass is 35.5. The first-order chi connectivity index (χ1) is 14.5. The monoisotopic (exact) mass is 427 g/mol. The van der Waals surface area contributed by atoms with Gasteiger partial charge in [-0.25, -0.2) is 4.98 Å². The number of amides is 1. The molecule has 0 bridgehead atoms. The molecule has 2 aromatic carbocycles. The molecule has 2 heterocycles. The first-order valence-electron chi connectivity index (χ1n) is 10.1. The van der Waals surface area contributed by atoms with E-state index in [1.165, 1.54) is 5.69 Å². The number of carbonyl (C=O) groups excluding carboxylic acids is 1. The van der Waals surface area contributed by atoms with Gasteiger partial charge in [-0.2, -0.15) is 0 Å². The van der Waals surface area contributed by atoms with Crippen molar-refractivity contribution in [2.75, 3.05) is 44.8 Å². The van der Waals surface area contributed by atoms with E-state index in [1.54, 1.807) is 19.2 Å². The van der Waals surface area contributed by atoms with E-state index in [0.717, 1.165) is 42.8 Å². The lowest BCUT2D eigenvalue weighted by Gasteiger charge is -2.30. The fourth-order valence-electron chi connectivity index (χ4n) is 3.82. The topological polar surface area (TPSA) is 82.3 Å². The van der Waals surface area contributed by atoms with Crippen LogP contribution in [0, 0.1) is 6.92 Å². The number of aromatic nitrogens is 2. The summed E-state index contributed by atoms with van der Waals surface area (Å²) in [6, 6.07) is 10.9. The number of imidazole rings is 1. The number of benzene rings is 2. The highest BCUT2D eigenvalue weighted by Crippen LogP contribution is 2.23. The Morgan fingerprint density at radius 1 is 1.27 bits per heavy atom. The zero-order valence-corrected chi connectivity index (χ0v) is 17.9. The molecule has 1 aromatic heterocycles. The Hall–Kier alpha value is -2.61. The van der Waals surface area contributed by atoms with Crippen molar-refractivity contribution in [1.82, 2.24) is 20.6 Å². The van der Waals surface area contributed by atoms with Crippen LogP contribution in [0.5, 0.6) is 0 Å². The van der Waals surface area contributed by atoms with Gasteiger partial charge in [0.2, 0.25) is 0 Å². The summed E-state index contributed by atoms with van der Waals surface area (Å²) in [4.78, 5) is 23.1. The van der Waals surface area contributed by atoms with Crippen LogP contribution < -0.4 is 15.5 Å². The van der Waals surface area contributed by atoms with E-state index in [2.05, 4.69) is 25.5 Å². The molecule has 0 radical (unpaired) electrons. The van der Waals surface area contributed by atoms with Gasteiger partial charge in [0, 0.05) is 49.6 Å². The largest absolute Gasteiger partial charge is 0.382 e. The summed E-state index contributed by atoms with van der Waals surface area (Å²) in [5, 5.41) is 7.02. The third kappa shape index (κ3) is 4.43. The van der Waals surface area contributed by atoms with Crippen molar-refractivity contribution < 1.29 is 9.53 Å².